The Morgan fingerprint density at radius 3 is 2.00 bits per heavy atom. The highest BCUT2D eigenvalue weighted by Gasteiger charge is 2.39. The lowest BCUT2D eigenvalue weighted by atomic mass is 9.89. The van der Waals surface area contributed by atoms with Crippen molar-refractivity contribution in [2.45, 2.75) is 12.0 Å². The van der Waals surface area contributed by atoms with Crippen LogP contribution in [0.5, 0.6) is 0 Å². The standard InChI is InChI=1S/C57H39N3O/c1-3-13-41(14-4-1)57-58-56-52-20-11-19-48(49(52)34-35-55(56)61-57)40-26-30-46(31-27-40)59(45-28-24-39(25-29-45)43-23-22-38-12-7-8-15-42(38)36-43)47-32-33-51-50-18-9-10-21-53(50)60(54(51)37-47)44-16-5-2-6-17-44/h1-37,51,54H. The van der Waals surface area contributed by atoms with E-state index in [9.17, 15) is 0 Å². The molecule has 9 aromatic carbocycles. The van der Waals surface area contributed by atoms with Gasteiger partial charge in [0.05, 0.1) is 6.04 Å². The van der Waals surface area contributed by atoms with Gasteiger partial charge >= 0.3 is 0 Å². The van der Waals surface area contributed by atoms with E-state index in [-0.39, 0.29) is 12.0 Å². The zero-order valence-corrected chi connectivity index (χ0v) is 33.3. The first-order valence-electron chi connectivity index (χ1n) is 20.9. The van der Waals surface area contributed by atoms with Gasteiger partial charge in [0.25, 0.3) is 0 Å². The van der Waals surface area contributed by atoms with Crippen molar-refractivity contribution in [2.75, 3.05) is 9.80 Å². The molecule has 2 aliphatic rings. The Hall–Kier alpha value is -7.95. The Kier molecular flexibility index (Phi) is 8.27. The Balaban J connectivity index is 0.948. The topological polar surface area (TPSA) is 32.5 Å². The molecule has 1 aromatic heterocycles. The van der Waals surface area contributed by atoms with Crippen LogP contribution in [-0.4, -0.2) is 11.0 Å². The molecule has 2 unspecified atom stereocenters. The number of hydrogen-bond donors (Lipinski definition) is 0. The van der Waals surface area contributed by atoms with Gasteiger partial charge in [-0.15, -0.1) is 0 Å². The second kappa shape index (κ2) is 14.4. The summed E-state index contributed by atoms with van der Waals surface area (Å²) in [6, 6.07) is 73.8. The van der Waals surface area contributed by atoms with E-state index < -0.39 is 0 Å². The number of benzene rings is 9. The fraction of sp³-hybridized carbons (Fsp3) is 0.0351. The molecule has 4 nitrogen and oxygen atoms in total. The van der Waals surface area contributed by atoms with Crippen LogP contribution in [0.1, 0.15) is 11.5 Å². The first-order chi connectivity index (χ1) is 30.2. The van der Waals surface area contributed by atoms with Gasteiger partial charge in [-0.25, -0.2) is 4.98 Å². The molecule has 0 saturated carbocycles. The molecular weight excluding hydrogens is 743 g/mol. The summed E-state index contributed by atoms with van der Waals surface area (Å²) < 4.78 is 6.24. The van der Waals surface area contributed by atoms with Crippen molar-refractivity contribution >= 4 is 55.4 Å². The van der Waals surface area contributed by atoms with Gasteiger partial charge in [-0.05, 0) is 129 Å². The molecule has 0 spiro atoms. The van der Waals surface area contributed by atoms with Gasteiger partial charge < -0.3 is 14.2 Å². The average molecular weight is 782 g/mol. The highest BCUT2D eigenvalue weighted by molar-refractivity contribution is 6.09. The van der Waals surface area contributed by atoms with E-state index in [4.69, 9.17) is 9.40 Å². The van der Waals surface area contributed by atoms with Gasteiger partial charge in [-0.1, -0.05) is 140 Å². The third-order valence-corrected chi connectivity index (χ3v) is 12.4. The summed E-state index contributed by atoms with van der Waals surface area (Å²) in [5, 5.41) is 4.71. The Morgan fingerprint density at radius 2 is 1.20 bits per heavy atom. The van der Waals surface area contributed by atoms with E-state index in [1.54, 1.807) is 0 Å². The normalized spacial score (nSPS) is 15.5. The number of fused-ring (bicyclic) bond motifs is 7. The average Bonchev–Trinajstić information content (AvgIpc) is 3.92. The summed E-state index contributed by atoms with van der Waals surface area (Å²) in [5.74, 6) is 0.875. The van der Waals surface area contributed by atoms with Gasteiger partial charge in [-0.2, -0.15) is 0 Å². The van der Waals surface area contributed by atoms with E-state index >= 15 is 0 Å². The number of allylic oxidation sites excluding steroid dienone is 1. The fourth-order valence-electron chi connectivity index (χ4n) is 9.48. The summed E-state index contributed by atoms with van der Waals surface area (Å²) in [6.07, 6.45) is 7.17. The molecule has 2 atom stereocenters. The van der Waals surface area contributed by atoms with Crippen molar-refractivity contribution in [2.24, 2.45) is 0 Å². The van der Waals surface area contributed by atoms with Crippen molar-refractivity contribution in [1.82, 2.24) is 4.98 Å². The maximum absolute atomic E-state index is 6.24. The molecular formula is C57H39N3O. The second-order valence-corrected chi connectivity index (χ2v) is 15.9. The van der Waals surface area contributed by atoms with Crippen LogP contribution in [0.2, 0.25) is 0 Å². The van der Waals surface area contributed by atoms with E-state index in [0.717, 1.165) is 55.6 Å². The van der Waals surface area contributed by atoms with Gasteiger partial charge in [0.1, 0.15) is 5.52 Å². The molecule has 0 fully saturated rings. The maximum atomic E-state index is 6.24. The van der Waals surface area contributed by atoms with Crippen LogP contribution in [0.15, 0.2) is 235 Å². The largest absolute Gasteiger partial charge is 0.436 e. The first kappa shape index (κ1) is 35.0. The Morgan fingerprint density at radius 1 is 0.508 bits per heavy atom. The van der Waals surface area contributed by atoms with Crippen LogP contribution in [-0.2, 0) is 0 Å². The Labute approximate surface area is 354 Å². The zero-order chi connectivity index (χ0) is 40.3. The van der Waals surface area contributed by atoms with Crippen molar-refractivity contribution in [3.05, 3.63) is 236 Å². The lowest BCUT2D eigenvalue weighted by molar-refractivity contribution is 0.620. The fourth-order valence-corrected chi connectivity index (χ4v) is 9.48. The monoisotopic (exact) mass is 781 g/mol. The summed E-state index contributed by atoms with van der Waals surface area (Å²) in [4.78, 5) is 9.88. The number of aromatic nitrogens is 1. The van der Waals surface area contributed by atoms with Crippen LogP contribution in [0, 0.1) is 0 Å². The highest BCUT2D eigenvalue weighted by Crippen LogP contribution is 2.49. The molecule has 1 aliphatic heterocycles. The number of hydrogen-bond acceptors (Lipinski definition) is 4. The van der Waals surface area contributed by atoms with Gasteiger partial charge in [0.15, 0.2) is 5.58 Å². The third-order valence-electron chi connectivity index (χ3n) is 12.4. The maximum Gasteiger partial charge on any atom is 0.227 e. The molecule has 1 aliphatic carbocycles. The lowest BCUT2D eigenvalue weighted by Crippen LogP contribution is -2.31. The highest BCUT2D eigenvalue weighted by atomic mass is 16.3. The van der Waals surface area contributed by atoms with E-state index in [0.29, 0.717) is 5.89 Å². The molecule has 0 radical (unpaired) electrons. The molecule has 12 rings (SSSR count). The molecule has 0 bridgehead atoms. The number of nitrogens with zero attached hydrogens (tertiary/aromatic N) is 3. The van der Waals surface area contributed by atoms with Crippen molar-refractivity contribution in [1.29, 1.82) is 0 Å². The Bertz CT molecular complexity index is 3310. The minimum atomic E-state index is 0.116. The molecule has 10 aromatic rings. The van der Waals surface area contributed by atoms with Crippen molar-refractivity contribution in [3.63, 3.8) is 0 Å². The smallest absolute Gasteiger partial charge is 0.227 e. The van der Waals surface area contributed by atoms with Crippen molar-refractivity contribution < 1.29 is 4.42 Å². The van der Waals surface area contributed by atoms with E-state index in [1.165, 1.54) is 38.8 Å². The van der Waals surface area contributed by atoms with E-state index in [2.05, 4.69) is 198 Å². The molecule has 4 heteroatoms. The van der Waals surface area contributed by atoms with Crippen LogP contribution < -0.4 is 9.80 Å². The summed E-state index contributed by atoms with van der Waals surface area (Å²) in [6.45, 7) is 0. The summed E-state index contributed by atoms with van der Waals surface area (Å²) in [7, 11) is 0. The molecule has 2 heterocycles. The predicted molar refractivity (Wildman–Crippen MR) is 253 cm³/mol. The van der Waals surface area contributed by atoms with Gasteiger partial charge in [0, 0.05) is 45.3 Å². The van der Waals surface area contributed by atoms with Crippen LogP contribution in [0.4, 0.5) is 22.7 Å². The molecule has 61 heavy (non-hydrogen) atoms. The minimum Gasteiger partial charge on any atom is -0.436 e. The van der Waals surface area contributed by atoms with Gasteiger partial charge in [-0.3, -0.25) is 0 Å². The van der Waals surface area contributed by atoms with E-state index in [1.807, 2.05) is 36.4 Å². The first-order valence-corrected chi connectivity index (χ1v) is 20.9. The summed E-state index contributed by atoms with van der Waals surface area (Å²) in [5.41, 5.74) is 14.4. The number of anilines is 4. The predicted octanol–water partition coefficient (Wildman–Crippen LogP) is 15.0. The zero-order valence-electron chi connectivity index (χ0n) is 33.3. The molecule has 0 saturated heterocycles. The second-order valence-electron chi connectivity index (χ2n) is 15.9. The van der Waals surface area contributed by atoms with Crippen molar-refractivity contribution in [3.8, 4) is 33.7 Å². The van der Waals surface area contributed by atoms with Gasteiger partial charge in [0.2, 0.25) is 5.89 Å². The van der Waals surface area contributed by atoms with Crippen LogP contribution in [0.25, 0.3) is 66.4 Å². The quantitative estimate of drug-likeness (QED) is 0.161. The number of para-hydroxylation sites is 2. The minimum absolute atomic E-state index is 0.116. The number of rotatable bonds is 7. The number of oxazole rings is 1. The molecule has 0 N–H and O–H groups in total. The molecule has 0 amide bonds. The lowest BCUT2D eigenvalue weighted by Gasteiger charge is -2.34. The SMILES string of the molecule is C1=CC2c3ccccc3N(c3ccccc3)C2C=C1N(c1ccc(-c2ccc3ccccc3c2)cc1)c1ccc(-c2cccc3c2ccc2oc(-c4ccccc4)nc23)cc1. The summed E-state index contributed by atoms with van der Waals surface area (Å²) >= 11 is 0. The van der Waals surface area contributed by atoms with Crippen LogP contribution >= 0.6 is 0 Å². The third kappa shape index (κ3) is 6.03. The molecule has 288 valence electrons. The van der Waals surface area contributed by atoms with Crippen LogP contribution in [0.3, 0.4) is 0 Å².